The molecule has 0 bridgehead atoms. The van der Waals surface area contributed by atoms with Gasteiger partial charge < -0.3 is 15.5 Å². The normalized spacial score (nSPS) is 10.1. The highest BCUT2D eigenvalue weighted by Gasteiger charge is 2.16. The van der Waals surface area contributed by atoms with E-state index in [4.69, 9.17) is 21.8 Å². The molecule has 0 aromatic heterocycles. The summed E-state index contributed by atoms with van der Waals surface area (Å²) in [5.74, 6) is -2.84. The number of carbonyl (C=O) groups is 3. The average Bonchev–Trinajstić information content (AvgIpc) is 2.52. The van der Waals surface area contributed by atoms with Gasteiger partial charge in [0.05, 0.1) is 16.7 Å². The van der Waals surface area contributed by atoms with E-state index in [0.717, 1.165) is 0 Å². The minimum atomic E-state index is -1.22. The highest BCUT2D eigenvalue weighted by atomic mass is 35.5. The summed E-state index contributed by atoms with van der Waals surface area (Å²) in [7, 11) is 0. The van der Waals surface area contributed by atoms with Gasteiger partial charge in [-0.3, -0.25) is 4.79 Å². The quantitative estimate of drug-likeness (QED) is 0.780. The molecule has 7 heteroatoms. The molecule has 0 atom stereocenters. The predicted octanol–water partition coefficient (Wildman–Crippen LogP) is 2.67. The minimum Gasteiger partial charge on any atom is -0.478 e. The van der Waals surface area contributed by atoms with Gasteiger partial charge in [0.15, 0.2) is 0 Å². The number of amides is 1. The molecule has 1 amide bonds. The summed E-state index contributed by atoms with van der Waals surface area (Å²) in [4.78, 5) is 34.0. The van der Waals surface area contributed by atoms with Crippen molar-refractivity contribution < 1.29 is 24.6 Å². The van der Waals surface area contributed by atoms with Crippen LogP contribution in [0.5, 0.6) is 0 Å². The second-order valence-corrected chi connectivity index (χ2v) is 5.12. The molecule has 0 spiro atoms. The first-order valence-corrected chi connectivity index (χ1v) is 6.89. The smallest absolute Gasteiger partial charge is 0.336 e. The third-order valence-corrected chi connectivity index (χ3v) is 3.35. The Bertz CT molecular complexity index is 771. The number of carbonyl (C=O) groups excluding carboxylic acids is 1. The number of rotatable bonds is 5. The number of carboxylic acids is 2. The first-order chi connectivity index (χ1) is 10.9. The van der Waals surface area contributed by atoms with Gasteiger partial charge in [0.1, 0.15) is 0 Å². The Morgan fingerprint density at radius 2 is 1.57 bits per heavy atom. The Labute approximate surface area is 136 Å². The predicted molar refractivity (Wildman–Crippen MR) is 83.0 cm³/mol. The summed E-state index contributed by atoms with van der Waals surface area (Å²) >= 11 is 5.80. The van der Waals surface area contributed by atoms with Crippen molar-refractivity contribution in [1.82, 2.24) is 5.32 Å². The lowest BCUT2D eigenvalue weighted by atomic mass is 10.1. The second-order valence-electron chi connectivity index (χ2n) is 4.68. The molecular weight excluding hydrogens is 322 g/mol. The summed E-state index contributed by atoms with van der Waals surface area (Å²) in [6.07, 6.45) is 0. The largest absolute Gasteiger partial charge is 0.478 e. The summed E-state index contributed by atoms with van der Waals surface area (Å²) in [5, 5.41) is 20.7. The fraction of sp³-hybridized carbons (Fsp3) is 0.0625. The van der Waals surface area contributed by atoms with Gasteiger partial charge in [-0.1, -0.05) is 23.7 Å². The number of hydrogen-bond donors (Lipinski definition) is 3. The van der Waals surface area contributed by atoms with Crippen LogP contribution in [0.15, 0.2) is 42.5 Å². The molecule has 0 aliphatic carbocycles. The molecule has 0 heterocycles. The molecule has 0 fully saturated rings. The maximum Gasteiger partial charge on any atom is 0.336 e. The summed E-state index contributed by atoms with van der Waals surface area (Å²) in [5.41, 5.74) is 0.644. The molecule has 0 aliphatic heterocycles. The lowest BCUT2D eigenvalue weighted by molar-refractivity contribution is 0.0684. The van der Waals surface area contributed by atoms with Crippen LogP contribution in [-0.4, -0.2) is 28.1 Å². The molecule has 0 saturated heterocycles. The molecule has 0 unspecified atom stereocenters. The van der Waals surface area contributed by atoms with E-state index in [1.165, 1.54) is 30.3 Å². The highest BCUT2D eigenvalue weighted by molar-refractivity contribution is 6.31. The van der Waals surface area contributed by atoms with Crippen LogP contribution in [-0.2, 0) is 6.54 Å². The molecular formula is C16H12ClNO5. The molecule has 3 N–H and O–H groups in total. The number of carboxylic acid groups (broad SMARTS) is 2. The first-order valence-electron chi connectivity index (χ1n) is 6.52. The van der Waals surface area contributed by atoms with Gasteiger partial charge in [0, 0.05) is 11.6 Å². The van der Waals surface area contributed by atoms with E-state index in [2.05, 4.69) is 5.32 Å². The molecule has 2 aromatic rings. The number of nitrogens with one attached hydrogen (secondary N) is 1. The number of hydrogen-bond acceptors (Lipinski definition) is 3. The Morgan fingerprint density at radius 3 is 2.13 bits per heavy atom. The van der Waals surface area contributed by atoms with Crippen molar-refractivity contribution in [2.24, 2.45) is 0 Å². The Morgan fingerprint density at radius 1 is 0.913 bits per heavy atom. The Balaban J connectivity index is 2.12. The van der Waals surface area contributed by atoms with Gasteiger partial charge in [0.25, 0.3) is 5.91 Å². The summed E-state index contributed by atoms with van der Waals surface area (Å²) in [6, 6.07) is 9.93. The topological polar surface area (TPSA) is 104 Å². The molecule has 0 saturated carbocycles. The van der Waals surface area contributed by atoms with E-state index in [1.54, 1.807) is 12.1 Å². The Kier molecular flexibility index (Phi) is 4.98. The van der Waals surface area contributed by atoms with Gasteiger partial charge in [-0.25, -0.2) is 9.59 Å². The van der Waals surface area contributed by atoms with Crippen molar-refractivity contribution in [3.05, 3.63) is 69.7 Å². The van der Waals surface area contributed by atoms with E-state index in [9.17, 15) is 14.4 Å². The molecule has 23 heavy (non-hydrogen) atoms. The van der Waals surface area contributed by atoms with Gasteiger partial charge in [-0.2, -0.15) is 0 Å². The first kappa shape index (κ1) is 16.5. The van der Waals surface area contributed by atoms with Crippen LogP contribution in [0.1, 0.15) is 36.6 Å². The average molecular weight is 334 g/mol. The highest BCUT2D eigenvalue weighted by Crippen LogP contribution is 2.16. The van der Waals surface area contributed by atoms with Crippen LogP contribution in [0.4, 0.5) is 0 Å². The minimum absolute atomic E-state index is 0.0350. The molecule has 6 nitrogen and oxygen atoms in total. The SMILES string of the molecule is O=C(O)c1ccc(CNC(=O)c2cc(Cl)ccc2C(=O)O)cc1. The zero-order valence-electron chi connectivity index (χ0n) is 11.7. The van der Waals surface area contributed by atoms with Crippen molar-refractivity contribution in [3.63, 3.8) is 0 Å². The van der Waals surface area contributed by atoms with Gasteiger partial charge >= 0.3 is 11.9 Å². The third kappa shape index (κ3) is 4.08. The monoisotopic (exact) mass is 333 g/mol. The number of halogens is 1. The molecule has 0 radical (unpaired) electrons. The van der Waals surface area contributed by atoms with Crippen molar-refractivity contribution >= 4 is 29.4 Å². The van der Waals surface area contributed by atoms with Crippen LogP contribution in [0.3, 0.4) is 0 Å². The Hall–Kier alpha value is -2.86. The van der Waals surface area contributed by atoms with E-state index in [0.29, 0.717) is 5.56 Å². The molecule has 118 valence electrons. The van der Waals surface area contributed by atoms with E-state index in [1.807, 2.05) is 0 Å². The van der Waals surface area contributed by atoms with Crippen molar-refractivity contribution in [2.45, 2.75) is 6.54 Å². The molecule has 2 aromatic carbocycles. The van der Waals surface area contributed by atoms with Gasteiger partial charge in [-0.05, 0) is 35.9 Å². The van der Waals surface area contributed by atoms with Crippen molar-refractivity contribution in [2.75, 3.05) is 0 Å². The lowest BCUT2D eigenvalue weighted by Gasteiger charge is -2.08. The van der Waals surface area contributed by atoms with Crippen LogP contribution in [0.25, 0.3) is 0 Å². The number of aromatic carboxylic acids is 2. The maximum atomic E-state index is 12.1. The second kappa shape index (κ2) is 6.93. The zero-order valence-corrected chi connectivity index (χ0v) is 12.5. The molecule has 0 aliphatic rings. The van der Waals surface area contributed by atoms with Crippen LogP contribution >= 0.6 is 11.6 Å². The van der Waals surface area contributed by atoms with Crippen LogP contribution in [0.2, 0.25) is 5.02 Å². The van der Waals surface area contributed by atoms with Gasteiger partial charge in [0.2, 0.25) is 0 Å². The van der Waals surface area contributed by atoms with Gasteiger partial charge in [-0.15, -0.1) is 0 Å². The fourth-order valence-electron chi connectivity index (χ4n) is 1.93. The maximum absolute atomic E-state index is 12.1. The lowest BCUT2D eigenvalue weighted by Crippen LogP contribution is -2.25. The molecule has 2 rings (SSSR count). The summed E-state index contributed by atoms with van der Waals surface area (Å²) in [6.45, 7) is 0.129. The standard InChI is InChI=1S/C16H12ClNO5/c17-11-5-6-12(16(22)23)13(7-11)14(19)18-8-9-1-3-10(4-2-9)15(20)21/h1-7H,8H2,(H,18,19)(H,20,21)(H,22,23). The van der Waals surface area contributed by atoms with Crippen LogP contribution < -0.4 is 5.32 Å². The van der Waals surface area contributed by atoms with E-state index >= 15 is 0 Å². The van der Waals surface area contributed by atoms with E-state index in [-0.39, 0.29) is 28.3 Å². The van der Waals surface area contributed by atoms with Crippen LogP contribution in [0, 0.1) is 0 Å². The zero-order chi connectivity index (χ0) is 17.0. The van der Waals surface area contributed by atoms with Crippen molar-refractivity contribution in [3.8, 4) is 0 Å². The third-order valence-electron chi connectivity index (χ3n) is 3.11. The summed E-state index contributed by atoms with van der Waals surface area (Å²) < 4.78 is 0. The number of benzene rings is 2. The van der Waals surface area contributed by atoms with E-state index < -0.39 is 17.8 Å². The van der Waals surface area contributed by atoms with Crippen molar-refractivity contribution in [1.29, 1.82) is 0 Å². The fourth-order valence-corrected chi connectivity index (χ4v) is 2.11.